The summed E-state index contributed by atoms with van der Waals surface area (Å²) in [4.78, 5) is 26.7. The highest BCUT2D eigenvalue weighted by molar-refractivity contribution is 7.99. The first-order valence-corrected chi connectivity index (χ1v) is 14.6. The van der Waals surface area contributed by atoms with E-state index in [1.54, 1.807) is 32.5 Å². The fraction of sp³-hybridized carbons (Fsp3) is 0.375. The maximum absolute atomic E-state index is 12.4. The summed E-state index contributed by atoms with van der Waals surface area (Å²) in [5.74, 6) is 0.812. The summed E-state index contributed by atoms with van der Waals surface area (Å²) in [5.41, 5.74) is 0.129. The van der Waals surface area contributed by atoms with Gasteiger partial charge in [0, 0.05) is 21.9 Å². The summed E-state index contributed by atoms with van der Waals surface area (Å²) in [5, 5.41) is 3.34. The van der Waals surface area contributed by atoms with Crippen LogP contribution in [0.15, 0.2) is 82.6 Å². The molecule has 3 aromatic carbocycles. The number of methoxy groups -OCH3 is 1. The molecule has 41 heavy (non-hydrogen) atoms. The molecule has 0 saturated carbocycles. The van der Waals surface area contributed by atoms with Crippen LogP contribution in [0.1, 0.15) is 44.7 Å². The Morgan fingerprint density at radius 1 is 1.00 bits per heavy atom. The number of hydrogen-bond donors (Lipinski definition) is 1. The van der Waals surface area contributed by atoms with Crippen molar-refractivity contribution in [2.75, 3.05) is 20.5 Å². The van der Waals surface area contributed by atoms with E-state index >= 15 is 0 Å². The van der Waals surface area contributed by atoms with Gasteiger partial charge < -0.3 is 29.1 Å². The van der Waals surface area contributed by atoms with Gasteiger partial charge in [-0.25, -0.2) is 4.79 Å². The second kappa shape index (κ2) is 15.8. The maximum atomic E-state index is 12.4. The number of carbonyl (C=O) groups is 2. The van der Waals surface area contributed by atoms with Gasteiger partial charge in [-0.1, -0.05) is 59.8 Å². The predicted octanol–water partition coefficient (Wildman–Crippen LogP) is 7.48. The molecule has 0 heterocycles. The largest absolute Gasteiger partial charge is 0.489 e. The van der Waals surface area contributed by atoms with Crippen LogP contribution in [0, 0.1) is 0 Å². The summed E-state index contributed by atoms with van der Waals surface area (Å²) >= 11 is 8.24. The van der Waals surface area contributed by atoms with Crippen LogP contribution < -0.4 is 10.1 Å². The summed E-state index contributed by atoms with van der Waals surface area (Å²) in [6.07, 6.45) is 1.56. The van der Waals surface area contributed by atoms with Crippen LogP contribution in [-0.4, -0.2) is 44.0 Å². The van der Waals surface area contributed by atoms with Crippen molar-refractivity contribution in [2.45, 2.75) is 67.6 Å². The Bertz CT molecular complexity index is 1250. The molecule has 1 unspecified atom stereocenters. The lowest BCUT2D eigenvalue weighted by atomic mass is 9.93. The molecule has 0 fully saturated rings. The van der Waals surface area contributed by atoms with Gasteiger partial charge in [0.15, 0.2) is 0 Å². The highest BCUT2D eigenvalue weighted by Gasteiger charge is 2.34. The van der Waals surface area contributed by atoms with Crippen LogP contribution in [0.25, 0.3) is 0 Å². The van der Waals surface area contributed by atoms with E-state index < -0.39 is 17.2 Å². The van der Waals surface area contributed by atoms with Gasteiger partial charge in [-0.3, -0.25) is 0 Å². The molecule has 0 aliphatic heterocycles. The van der Waals surface area contributed by atoms with Gasteiger partial charge in [-0.2, -0.15) is 0 Å². The lowest BCUT2D eigenvalue weighted by Gasteiger charge is -2.30. The molecule has 0 aromatic heterocycles. The fourth-order valence-corrected chi connectivity index (χ4v) is 5.17. The van der Waals surface area contributed by atoms with Crippen LogP contribution in [-0.2, 0) is 32.0 Å². The first-order chi connectivity index (χ1) is 19.6. The lowest BCUT2D eigenvalue weighted by molar-refractivity contribution is -0.119. The molecule has 3 rings (SSSR count). The van der Waals surface area contributed by atoms with Crippen molar-refractivity contribution in [2.24, 2.45) is 0 Å². The number of aldehydes is 1. The van der Waals surface area contributed by atoms with E-state index in [4.69, 9.17) is 30.5 Å². The molecule has 220 valence electrons. The second-order valence-electron chi connectivity index (χ2n) is 10.6. The van der Waals surface area contributed by atoms with Crippen LogP contribution in [0.4, 0.5) is 4.79 Å². The molecule has 0 saturated heterocycles. The molecule has 1 amide bonds. The van der Waals surface area contributed by atoms with Crippen molar-refractivity contribution in [3.05, 3.63) is 88.9 Å². The number of aryl methyl sites for hydroxylation is 1. The Morgan fingerprint density at radius 2 is 1.71 bits per heavy atom. The minimum Gasteiger partial charge on any atom is -0.489 e. The third-order valence-electron chi connectivity index (χ3n) is 5.94. The molecular formula is C32H38ClNO6S. The molecule has 0 bridgehead atoms. The van der Waals surface area contributed by atoms with Crippen LogP contribution in [0.3, 0.4) is 0 Å². The molecular weight excluding hydrogens is 562 g/mol. The van der Waals surface area contributed by atoms with Crippen molar-refractivity contribution in [1.29, 1.82) is 0 Å². The normalized spacial score (nSPS) is 12.8. The Morgan fingerprint density at radius 3 is 2.34 bits per heavy atom. The molecule has 3 aromatic rings. The number of hydrogen-bond acceptors (Lipinski definition) is 7. The number of ether oxygens (including phenoxy) is 4. The van der Waals surface area contributed by atoms with Crippen molar-refractivity contribution in [1.82, 2.24) is 5.32 Å². The molecule has 0 aliphatic rings. The molecule has 0 radical (unpaired) electrons. The van der Waals surface area contributed by atoms with E-state index in [9.17, 15) is 9.59 Å². The zero-order chi connectivity index (χ0) is 29.7. The number of benzene rings is 3. The van der Waals surface area contributed by atoms with Gasteiger partial charge in [0.05, 0.1) is 6.61 Å². The van der Waals surface area contributed by atoms with E-state index in [1.165, 1.54) is 7.11 Å². The number of alkyl carbamates (subject to hydrolysis) is 1. The molecule has 1 N–H and O–H groups in total. The Kier molecular flexibility index (Phi) is 12.5. The van der Waals surface area contributed by atoms with E-state index in [1.807, 2.05) is 72.8 Å². The Hall–Kier alpha value is -3.04. The molecule has 9 heteroatoms. The van der Waals surface area contributed by atoms with Gasteiger partial charge in [0.1, 0.15) is 36.6 Å². The van der Waals surface area contributed by atoms with E-state index in [0.717, 1.165) is 26.7 Å². The van der Waals surface area contributed by atoms with Crippen molar-refractivity contribution < 1.29 is 28.5 Å². The van der Waals surface area contributed by atoms with Crippen LogP contribution in [0.2, 0.25) is 5.02 Å². The van der Waals surface area contributed by atoms with Crippen molar-refractivity contribution >= 4 is 35.7 Å². The lowest BCUT2D eigenvalue weighted by Crippen LogP contribution is -2.54. The van der Waals surface area contributed by atoms with Gasteiger partial charge in [-0.15, -0.1) is 0 Å². The number of rotatable bonds is 15. The third kappa shape index (κ3) is 11.4. The molecule has 0 spiro atoms. The smallest absolute Gasteiger partial charge is 0.408 e. The molecule has 7 nitrogen and oxygen atoms in total. The predicted molar refractivity (Wildman–Crippen MR) is 162 cm³/mol. The van der Waals surface area contributed by atoms with Crippen molar-refractivity contribution in [3.63, 3.8) is 0 Å². The van der Waals surface area contributed by atoms with E-state index in [-0.39, 0.29) is 13.4 Å². The Labute approximate surface area is 251 Å². The average molecular weight is 600 g/mol. The summed E-state index contributed by atoms with van der Waals surface area (Å²) < 4.78 is 21.6. The van der Waals surface area contributed by atoms with E-state index in [0.29, 0.717) is 37.2 Å². The number of halogens is 1. The zero-order valence-corrected chi connectivity index (χ0v) is 25.6. The topological polar surface area (TPSA) is 83.1 Å². The SMILES string of the molecule is COCOCC(C=O)(CCCc1ccc(Sc2ccc(OCc3ccccc3)cc2)cc1Cl)NC(=O)OC(C)(C)C. The first kappa shape index (κ1) is 32.5. The second-order valence-corrected chi connectivity index (χ2v) is 12.2. The zero-order valence-electron chi connectivity index (χ0n) is 24.0. The van der Waals surface area contributed by atoms with Crippen molar-refractivity contribution in [3.8, 4) is 5.75 Å². The summed E-state index contributed by atoms with van der Waals surface area (Å²) in [6, 6.07) is 24.0. The van der Waals surface area contributed by atoms with Gasteiger partial charge >= 0.3 is 6.09 Å². The summed E-state index contributed by atoms with van der Waals surface area (Å²) in [7, 11) is 1.49. The minimum atomic E-state index is -1.25. The minimum absolute atomic E-state index is 0.0000159. The average Bonchev–Trinajstić information content (AvgIpc) is 2.93. The molecule has 0 aliphatic carbocycles. The standard InChI is InChI=1S/C32H38ClNO6S/c1-31(2,3)40-30(36)34-32(21-35,22-38-23-37-4)18-8-11-25-12-15-28(19-29(25)33)41-27-16-13-26(14-17-27)39-20-24-9-6-5-7-10-24/h5-7,9-10,12-17,19,21H,8,11,18,20,22-23H2,1-4H3,(H,34,36). The number of carbonyl (C=O) groups excluding carboxylic acids is 2. The van der Waals surface area contributed by atoms with Crippen LogP contribution in [0.5, 0.6) is 5.75 Å². The maximum Gasteiger partial charge on any atom is 0.408 e. The van der Waals surface area contributed by atoms with E-state index in [2.05, 4.69) is 5.32 Å². The first-order valence-electron chi connectivity index (χ1n) is 13.4. The highest BCUT2D eigenvalue weighted by Crippen LogP contribution is 2.32. The van der Waals surface area contributed by atoms with Gasteiger partial charge in [0.2, 0.25) is 0 Å². The number of nitrogens with one attached hydrogen (secondary N) is 1. The van der Waals surface area contributed by atoms with Crippen LogP contribution >= 0.6 is 23.4 Å². The quantitative estimate of drug-likeness (QED) is 0.110. The monoisotopic (exact) mass is 599 g/mol. The van der Waals surface area contributed by atoms with Gasteiger partial charge in [0.25, 0.3) is 0 Å². The molecule has 1 atom stereocenters. The highest BCUT2D eigenvalue weighted by atomic mass is 35.5. The van der Waals surface area contributed by atoms with Gasteiger partial charge in [-0.05, 0) is 87.6 Å². The number of amides is 1. The fourth-order valence-electron chi connectivity index (χ4n) is 3.98. The Balaban J connectivity index is 1.56. The summed E-state index contributed by atoms with van der Waals surface area (Å²) in [6.45, 7) is 5.77. The third-order valence-corrected chi connectivity index (χ3v) is 7.29.